The molecule has 5 heteroatoms. The van der Waals surface area contributed by atoms with Gasteiger partial charge in [-0.05, 0) is 25.1 Å². The predicted octanol–water partition coefficient (Wildman–Crippen LogP) is 0.857. The summed E-state index contributed by atoms with van der Waals surface area (Å²) in [7, 11) is 3.07. The zero-order valence-corrected chi connectivity index (χ0v) is 10.9. The average molecular weight is 253 g/mol. The molecule has 0 bridgehead atoms. The summed E-state index contributed by atoms with van der Waals surface area (Å²) in [5.74, 6) is 1.06. The molecule has 0 amide bonds. The molecule has 0 heterocycles. The van der Waals surface area contributed by atoms with Crippen molar-refractivity contribution in [3.8, 4) is 11.5 Å². The van der Waals surface area contributed by atoms with Crippen LogP contribution in [-0.2, 0) is 0 Å². The van der Waals surface area contributed by atoms with Crippen LogP contribution in [0.4, 0.5) is 0 Å². The largest absolute Gasteiger partial charge is 0.493 e. The van der Waals surface area contributed by atoms with Crippen molar-refractivity contribution >= 4 is 5.78 Å². The summed E-state index contributed by atoms with van der Waals surface area (Å²) in [6, 6.07) is 4.69. The highest BCUT2D eigenvalue weighted by Gasteiger charge is 2.16. The van der Waals surface area contributed by atoms with Crippen molar-refractivity contribution in [2.24, 2.45) is 0 Å². The first kappa shape index (κ1) is 14.5. The van der Waals surface area contributed by atoms with Gasteiger partial charge >= 0.3 is 0 Å². The van der Waals surface area contributed by atoms with Gasteiger partial charge in [0.2, 0.25) is 0 Å². The van der Waals surface area contributed by atoms with Crippen molar-refractivity contribution in [1.82, 2.24) is 5.32 Å². The topological polar surface area (TPSA) is 67.8 Å². The molecule has 0 saturated heterocycles. The number of aliphatic hydroxyl groups is 1. The van der Waals surface area contributed by atoms with Crippen LogP contribution in [0.2, 0.25) is 0 Å². The molecule has 0 fully saturated rings. The van der Waals surface area contributed by atoms with Gasteiger partial charge in [0.25, 0.3) is 0 Å². The Hall–Kier alpha value is -1.59. The van der Waals surface area contributed by atoms with E-state index < -0.39 is 0 Å². The van der Waals surface area contributed by atoms with Crippen LogP contribution in [0.15, 0.2) is 18.2 Å². The maximum Gasteiger partial charge on any atom is 0.179 e. The molecule has 0 spiro atoms. The van der Waals surface area contributed by atoms with E-state index in [4.69, 9.17) is 14.6 Å². The van der Waals surface area contributed by atoms with E-state index in [1.807, 2.05) is 0 Å². The number of benzene rings is 1. The summed E-state index contributed by atoms with van der Waals surface area (Å²) in [6.45, 7) is 2.15. The number of Topliss-reactive ketones (excluding diaryl/α,β-unsaturated/α-hetero) is 1. The van der Waals surface area contributed by atoms with Crippen LogP contribution in [0, 0.1) is 0 Å². The normalized spacial score (nSPS) is 12.0. The first-order valence-electron chi connectivity index (χ1n) is 5.74. The zero-order chi connectivity index (χ0) is 13.5. The molecule has 0 aliphatic rings. The molecular weight excluding hydrogens is 234 g/mol. The Morgan fingerprint density at radius 2 is 2.00 bits per heavy atom. The number of rotatable bonds is 7. The van der Waals surface area contributed by atoms with E-state index in [1.54, 1.807) is 32.2 Å². The van der Waals surface area contributed by atoms with Gasteiger partial charge in [0.1, 0.15) is 0 Å². The summed E-state index contributed by atoms with van der Waals surface area (Å²) in [5.41, 5.74) is 0.547. The highest BCUT2D eigenvalue weighted by atomic mass is 16.5. The van der Waals surface area contributed by atoms with E-state index in [0.717, 1.165) is 0 Å². The molecule has 1 aromatic rings. The molecule has 18 heavy (non-hydrogen) atoms. The van der Waals surface area contributed by atoms with Crippen LogP contribution in [0.1, 0.15) is 17.3 Å². The standard InChI is InChI=1S/C13H19NO4/c1-9(14-6-7-15)13(16)10-4-5-11(17-2)12(8-10)18-3/h4-5,8-9,14-15H,6-7H2,1-3H3. The SMILES string of the molecule is COc1ccc(C(=O)C(C)NCCO)cc1OC. The number of aliphatic hydroxyl groups excluding tert-OH is 1. The number of nitrogens with one attached hydrogen (secondary N) is 1. The first-order valence-corrected chi connectivity index (χ1v) is 5.74. The van der Waals surface area contributed by atoms with Crippen molar-refractivity contribution < 1.29 is 19.4 Å². The molecule has 100 valence electrons. The number of hydrogen-bond donors (Lipinski definition) is 2. The second-order valence-corrected chi connectivity index (χ2v) is 3.83. The second kappa shape index (κ2) is 6.98. The quantitative estimate of drug-likeness (QED) is 0.705. The fraction of sp³-hybridized carbons (Fsp3) is 0.462. The molecule has 1 atom stereocenters. The molecule has 0 aliphatic carbocycles. The van der Waals surface area contributed by atoms with E-state index >= 15 is 0 Å². The molecule has 0 aromatic heterocycles. The second-order valence-electron chi connectivity index (χ2n) is 3.83. The fourth-order valence-electron chi connectivity index (χ4n) is 1.61. The summed E-state index contributed by atoms with van der Waals surface area (Å²) >= 11 is 0. The number of carbonyl (C=O) groups excluding carboxylic acids is 1. The number of ketones is 1. The van der Waals surface area contributed by atoms with Crippen molar-refractivity contribution in [2.75, 3.05) is 27.4 Å². The Morgan fingerprint density at radius 3 is 2.56 bits per heavy atom. The lowest BCUT2D eigenvalue weighted by Gasteiger charge is -2.13. The minimum atomic E-state index is -0.352. The number of ether oxygens (including phenoxy) is 2. The Kier molecular flexibility index (Phi) is 5.61. The fourth-order valence-corrected chi connectivity index (χ4v) is 1.61. The smallest absolute Gasteiger partial charge is 0.179 e. The van der Waals surface area contributed by atoms with Gasteiger partial charge in [-0.25, -0.2) is 0 Å². The van der Waals surface area contributed by atoms with Crippen LogP contribution < -0.4 is 14.8 Å². The van der Waals surface area contributed by atoms with Crippen molar-refractivity contribution in [1.29, 1.82) is 0 Å². The third-order valence-electron chi connectivity index (χ3n) is 2.62. The van der Waals surface area contributed by atoms with Gasteiger partial charge < -0.3 is 19.9 Å². The maximum absolute atomic E-state index is 12.1. The number of carbonyl (C=O) groups is 1. The van der Waals surface area contributed by atoms with E-state index in [1.165, 1.54) is 7.11 Å². The third kappa shape index (κ3) is 3.45. The van der Waals surface area contributed by atoms with Crippen LogP contribution in [0.5, 0.6) is 11.5 Å². The van der Waals surface area contributed by atoms with E-state index in [0.29, 0.717) is 23.6 Å². The van der Waals surface area contributed by atoms with Crippen LogP contribution in [-0.4, -0.2) is 44.3 Å². The van der Waals surface area contributed by atoms with E-state index in [-0.39, 0.29) is 18.4 Å². The minimum Gasteiger partial charge on any atom is -0.493 e. The summed E-state index contributed by atoms with van der Waals surface area (Å²) in [6.07, 6.45) is 0. The third-order valence-corrected chi connectivity index (χ3v) is 2.62. The lowest BCUT2D eigenvalue weighted by atomic mass is 10.0. The van der Waals surface area contributed by atoms with Crippen LogP contribution in [0.25, 0.3) is 0 Å². The molecule has 0 radical (unpaired) electrons. The molecule has 5 nitrogen and oxygen atoms in total. The van der Waals surface area contributed by atoms with Gasteiger partial charge in [-0.15, -0.1) is 0 Å². The first-order chi connectivity index (χ1) is 8.63. The van der Waals surface area contributed by atoms with Gasteiger partial charge in [0.05, 0.1) is 26.9 Å². The Morgan fingerprint density at radius 1 is 1.33 bits per heavy atom. The summed E-state index contributed by atoms with van der Waals surface area (Å²) in [4.78, 5) is 12.1. The van der Waals surface area contributed by atoms with E-state index in [9.17, 15) is 4.79 Å². The van der Waals surface area contributed by atoms with Gasteiger partial charge in [0, 0.05) is 12.1 Å². The highest BCUT2D eigenvalue weighted by molar-refractivity contribution is 6.00. The Bertz CT molecular complexity index is 406. The van der Waals surface area contributed by atoms with E-state index in [2.05, 4.69) is 5.32 Å². The van der Waals surface area contributed by atoms with Crippen molar-refractivity contribution in [3.05, 3.63) is 23.8 Å². The predicted molar refractivity (Wildman–Crippen MR) is 68.4 cm³/mol. The molecule has 2 N–H and O–H groups in total. The average Bonchev–Trinajstić information content (AvgIpc) is 2.42. The Balaban J connectivity index is 2.86. The van der Waals surface area contributed by atoms with Gasteiger partial charge in [-0.1, -0.05) is 0 Å². The van der Waals surface area contributed by atoms with Gasteiger partial charge in [-0.3, -0.25) is 4.79 Å². The Labute approximate surface area is 107 Å². The molecule has 0 saturated carbocycles. The van der Waals surface area contributed by atoms with Gasteiger partial charge in [0.15, 0.2) is 17.3 Å². The maximum atomic E-state index is 12.1. The zero-order valence-electron chi connectivity index (χ0n) is 10.9. The highest BCUT2D eigenvalue weighted by Crippen LogP contribution is 2.27. The number of methoxy groups -OCH3 is 2. The number of hydrogen-bond acceptors (Lipinski definition) is 5. The van der Waals surface area contributed by atoms with Gasteiger partial charge in [-0.2, -0.15) is 0 Å². The monoisotopic (exact) mass is 253 g/mol. The lowest BCUT2D eigenvalue weighted by molar-refractivity contribution is 0.0948. The minimum absolute atomic E-state index is 0.00353. The molecule has 1 unspecified atom stereocenters. The van der Waals surface area contributed by atoms with Crippen molar-refractivity contribution in [2.45, 2.75) is 13.0 Å². The van der Waals surface area contributed by atoms with Crippen LogP contribution >= 0.6 is 0 Å². The van der Waals surface area contributed by atoms with Crippen LogP contribution in [0.3, 0.4) is 0 Å². The lowest BCUT2D eigenvalue weighted by Crippen LogP contribution is -2.35. The summed E-state index contributed by atoms with van der Waals surface area (Å²) < 4.78 is 10.3. The molecule has 1 rings (SSSR count). The van der Waals surface area contributed by atoms with Crippen molar-refractivity contribution in [3.63, 3.8) is 0 Å². The summed E-state index contributed by atoms with van der Waals surface area (Å²) in [5, 5.41) is 11.6. The molecular formula is C13H19NO4. The molecule has 1 aromatic carbocycles. The molecule has 0 aliphatic heterocycles.